The van der Waals surface area contributed by atoms with Gasteiger partial charge < -0.3 is 34.6 Å². The first-order chi connectivity index (χ1) is 5.00. The van der Waals surface area contributed by atoms with Crippen molar-refractivity contribution in [1.82, 2.24) is 0 Å². The summed E-state index contributed by atoms with van der Waals surface area (Å²) < 4.78 is 0. The Morgan fingerprint density at radius 3 is 0.364 bits per heavy atom. The van der Waals surface area contributed by atoms with Crippen LogP contribution in [0.5, 0.6) is 0 Å². The molecule has 11 heavy (non-hydrogen) atoms. The van der Waals surface area contributed by atoms with E-state index < -0.39 is 0 Å². The number of rotatable bonds is 0. The van der Waals surface area contributed by atoms with E-state index in [2.05, 4.69) is 34.6 Å². The molecule has 0 aromatic heterocycles. The van der Waals surface area contributed by atoms with Crippen LogP contribution in [0.2, 0.25) is 0 Å². The van der Waals surface area contributed by atoms with Gasteiger partial charge in [0, 0.05) is 0 Å². The minimum atomic E-state index is 0. The van der Waals surface area contributed by atoms with Gasteiger partial charge in [-0.1, -0.05) is 0 Å². The van der Waals surface area contributed by atoms with Gasteiger partial charge in [-0.25, -0.2) is 0 Å². The van der Waals surface area contributed by atoms with E-state index >= 15 is 0 Å². The van der Waals surface area contributed by atoms with Gasteiger partial charge in [0.1, 0.15) is 0 Å². The molecular formula is C10H25Ta. The van der Waals surface area contributed by atoms with Crippen LogP contribution in [0.3, 0.4) is 0 Å². The summed E-state index contributed by atoms with van der Waals surface area (Å²) >= 11 is 0. The fourth-order valence-corrected chi connectivity index (χ4v) is 0. The first kappa shape index (κ1) is 41.1. The Morgan fingerprint density at radius 2 is 0.364 bits per heavy atom. The second-order valence-corrected chi connectivity index (χ2v) is 0. The Hall–Kier alpha value is 0.740. The summed E-state index contributed by atoms with van der Waals surface area (Å²) in [6.45, 7) is 25.0. The smallest absolute Gasteiger partial charge is 0.346 e. The van der Waals surface area contributed by atoms with E-state index in [0.29, 0.717) is 0 Å². The first-order valence-electron chi connectivity index (χ1n) is 3.54. The van der Waals surface area contributed by atoms with Crippen molar-refractivity contribution in [2.75, 3.05) is 0 Å². The van der Waals surface area contributed by atoms with Crippen molar-refractivity contribution in [3.8, 4) is 0 Å². The molecule has 0 aliphatic carbocycles. The molecule has 0 aliphatic rings. The van der Waals surface area contributed by atoms with E-state index in [4.69, 9.17) is 0 Å². The quantitative estimate of drug-likeness (QED) is 0.585. The molecule has 0 N–H and O–H groups in total. The molecule has 0 heterocycles. The van der Waals surface area contributed by atoms with E-state index in [1.165, 1.54) is 0 Å². The van der Waals surface area contributed by atoms with Crippen molar-refractivity contribution in [2.45, 2.75) is 34.6 Å². The molecule has 0 unspecified atom stereocenters. The van der Waals surface area contributed by atoms with Crippen molar-refractivity contribution in [2.24, 2.45) is 0 Å². The van der Waals surface area contributed by atoms with Gasteiger partial charge in [0.05, 0.1) is 0 Å². The molecule has 0 saturated carbocycles. The third-order valence-corrected chi connectivity index (χ3v) is 0. The molecule has 0 aromatic carbocycles. The Kier molecular flexibility index (Phi) is 6950. The van der Waals surface area contributed by atoms with Gasteiger partial charge in [-0.05, 0) is 0 Å². The largest absolute Gasteiger partial charge is 5.00 e. The standard InChI is InChI=1S/5C2H5.Ta/c5*1-2;/h5*1H2,2H3;/q5*-1;+5. The van der Waals surface area contributed by atoms with E-state index in [1.54, 1.807) is 34.6 Å². The molecule has 70 valence electrons. The van der Waals surface area contributed by atoms with Crippen molar-refractivity contribution in [1.29, 1.82) is 0 Å². The van der Waals surface area contributed by atoms with Crippen LogP contribution in [0.4, 0.5) is 0 Å². The topological polar surface area (TPSA) is 0 Å². The van der Waals surface area contributed by atoms with E-state index in [9.17, 15) is 0 Å². The summed E-state index contributed by atoms with van der Waals surface area (Å²) in [7, 11) is 0. The molecule has 0 bridgehead atoms. The fourth-order valence-electron chi connectivity index (χ4n) is 0. The van der Waals surface area contributed by atoms with Crippen LogP contribution in [0.25, 0.3) is 0 Å². The number of hydrogen-bond donors (Lipinski definition) is 0. The second kappa shape index (κ2) is 1860. The van der Waals surface area contributed by atoms with Gasteiger partial charge in [0.25, 0.3) is 0 Å². The Labute approximate surface area is 91.7 Å². The molecule has 0 fully saturated rings. The minimum absolute atomic E-state index is 0. The molecule has 0 aliphatic heterocycles. The zero-order valence-electron chi connectivity index (χ0n) is 8.98. The van der Waals surface area contributed by atoms with Crippen LogP contribution in [0.1, 0.15) is 34.6 Å². The van der Waals surface area contributed by atoms with Crippen LogP contribution in [-0.2, 0) is 22.4 Å². The van der Waals surface area contributed by atoms with Crippen LogP contribution in [0.15, 0.2) is 0 Å². The first-order valence-corrected chi connectivity index (χ1v) is 3.54. The maximum Gasteiger partial charge on any atom is 5.00 e. The molecule has 0 aromatic rings. The van der Waals surface area contributed by atoms with Gasteiger partial charge in [0.2, 0.25) is 0 Å². The average molecular weight is 326 g/mol. The van der Waals surface area contributed by atoms with Gasteiger partial charge in [-0.15, -0.1) is 0 Å². The second-order valence-electron chi connectivity index (χ2n) is 0. The Morgan fingerprint density at radius 1 is 0.364 bits per heavy atom. The van der Waals surface area contributed by atoms with Crippen LogP contribution >= 0.6 is 0 Å². The van der Waals surface area contributed by atoms with E-state index in [0.717, 1.165) is 0 Å². The number of hydrogen-bond acceptors (Lipinski definition) is 0. The molecular weight excluding hydrogens is 301 g/mol. The predicted octanol–water partition coefficient (Wildman–Crippen LogP) is 4.20. The van der Waals surface area contributed by atoms with Crippen LogP contribution in [-0.4, -0.2) is 0 Å². The van der Waals surface area contributed by atoms with Crippen molar-refractivity contribution in [3.05, 3.63) is 34.6 Å². The minimum Gasteiger partial charge on any atom is -0.346 e. The summed E-state index contributed by atoms with van der Waals surface area (Å²) in [4.78, 5) is 0. The van der Waals surface area contributed by atoms with Gasteiger partial charge in [0.15, 0.2) is 0 Å². The summed E-state index contributed by atoms with van der Waals surface area (Å²) in [6, 6.07) is 0. The monoisotopic (exact) mass is 326 g/mol. The summed E-state index contributed by atoms with van der Waals surface area (Å²) in [5.74, 6) is 0. The third-order valence-electron chi connectivity index (χ3n) is 0. The molecule has 0 amide bonds. The van der Waals surface area contributed by atoms with Crippen molar-refractivity contribution >= 4 is 0 Å². The van der Waals surface area contributed by atoms with Gasteiger partial charge in [-0.3, -0.25) is 0 Å². The van der Waals surface area contributed by atoms with Crippen LogP contribution in [0, 0.1) is 34.6 Å². The normalized spacial score (nSPS) is 2.73. The van der Waals surface area contributed by atoms with Crippen molar-refractivity contribution < 1.29 is 22.4 Å². The zero-order valence-corrected chi connectivity index (χ0v) is 12.2. The molecule has 0 saturated heterocycles. The maximum atomic E-state index is 3.25. The van der Waals surface area contributed by atoms with Gasteiger partial charge >= 0.3 is 22.4 Å². The third kappa shape index (κ3) is 1500. The van der Waals surface area contributed by atoms with E-state index in [1.807, 2.05) is 0 Å². The predicted molar refractivity (Wildman–Crippen MR) is 55.2 cm³/mol. The molecule has 1 heteroatoms. The summed E-state index contributed by atoms with van der Waals surface area (Å²) in [5, 5.41) is 0. The molecule has 0 rings (SSSR count). The maximum absolute atomic E-state index is 3.25. The fraction of sp³-hybridized carbons (Fsp3) is 0.500. The van der Waals surface area contributed by atoms with Crippen molar-refractivity contribution in [3.63, 3.8) is 0 Å². The summed E-state index contributed by atoms with van der Waals surface area (Å²) in [5.41, 5.74) is 0. The van der Waals surface area contributed by atoms with Crippen LogP contribution < -0.4 is 0 Å². The SMILES string of the molecule is [CH2-]C.[CH2-]C.[CH2-]C.[CH2-]C.[CH2-]C.[Ta+5]. The molecule has 0 nitrogen and oxygen atoms in total. The summed E-state index contributed by atoms with van der Waals surface area (Å²) in [6.07, 6.45) is 0. The molecule has 0 radical (unpaired) electrons. The zero-order chi connectivity index (χ0) is 10.0. The molecule has 0 atom stereocenters. The Bertz CT molecular complexity index is 4.83. The average Bonchev–Trinajstić information content (AvgIpc) is 2.20. The molecule has 0 spiro atoms. The van der Waals surface area contributed by atoms with E-state index in [-0.39, 0.29) is 22.4 Å². The van der Waals surface area contributed by atoms with Gasteiger partial charge in [-0.2, -0.15) is 34.6 Å². The Balaban J connectivity index is -0.00000000694.